The van der Waals surface area contributed by atoms with Gasteiger partial charge < -0.3 is 15.3 Å². The Morgan fingerprint density at radius 2 is 2.11 bits per heavy atom. The van der Waals surface area contributed by atoms with Crippen molar-refractivity contribution in [3.05, 3.63) is 36.2 Å². The lowest BCUT2D eigenvalue weighted by Gasteiger charge is -2.17. The van der Waals surface area contributed by atoms with Crippen molar-refractivity contribution < 1.29 is 5.11 Å². The number of hydrogen-bond acceptors (Lipinski definition) is 6. The van der Waals surface area contributed by atoms with E-state index in [1.165, 1.54) is 0 Å². The van der Waals surface area contributed by atoms with Gasteiger partial charge in [0.1, 0.15) is 11.6 Å². The largest absolute Gasteiger partial charge is 0.395 e. The fourth-order valence-electron chi connectivity index (χ4n) is 1.61. The molecule has 0 bridgehead atoms. The van der Waals surface area contributed by atoms with Crippen molar-refractivity contribution in [3.63, 3.8) is 0 Å². The van der Waals surface area contributed by atoms with Crippen molar-refractivity contribution >= 4 is 17.6 Å². The molecular formula is C13H17N5O. The molecular weight excluding hydrogens is 242 g/mol. The molecule has 0 aromatic carbocycles. The first kappa shape index (κ1) is 13.2. The summed E-state index contributed by atoms with van der Waals surface area (Å²) in [7, 11) is 1.84. The molecule has 0 saturated carbocycles. The number of hydrogen-bond donors (Lipinski definition) is 2. The van der Waals surface area contributed by atoms with Crippen LogP contribution in [0.2, 0.25) is 0 Å². The monoisotopic (exact) mass is 259 g/mol. The number of anilines is 3. The molecule has 0 atom stereocenters. The fraction of sp³-hybridized carbons (Fsp3) is 0.308. The van der Waals surface area contributed by atoms with Crippen LogP contribution in [0.3, 0.4) is 0 Å². The smallest absolute Gasteiger partial charge is 0.227 e. The third kappa shape index (κ3) is 3.62. The van der Waals surface area contributed by atoms with Crippen molar-refractivity contribution in [2.24, 2.45) is 0 Å². The summed E-state index contributed by atoms with van der Waals surface area (Å²) in [6, 6.07) is 7.48. The predicted molar refractivity (Wildman–Crippen MR) is 74.6 cm³/mol. The van der Waals surface area contributed by atoms with E-state index >= 15 is 0 Å². The summed E-state index contributed by atoms with van der Waals surface area (Å²) in [4.78, 5) is 14.7. The molecule has 0 saturated heterocycles. The van der Waals surface area contributed by atoms with Gasteiger partial charge in [-0.1, -0.05) is 6.07 Å². The SMILES string of the molecule is Cc1cc(Nc2ccccn2)nc(N(C)CCO)n1. The molecule has 19 heavy (non-hydrogen) atoms. The van der Waals surface area contributed by atoms with Gasteiger partial charge in [-0.3, -0.25) is 0 Å². The zero-order chi connectivity index (χ0) is 13.7. The Morgan fingerprint density at radius 3 is 2.79 bits per heavy atom. The number of aromatic nitrogens is 3. The first-order valence-electron chi connectivity index (χ1n) is 6.05. The minimum atomic E-state index is 0.0663. The van der Waals surface area contributed by atoms with Crippen molar-refractivity contribution in [1.82, 2.24) is 15.0 Å². The van der Waals surface area contributed by atoms with E-state index in [4.69, 9.17) is 5.11 Å². The highest BCUT2D eigenvalue weighted by molar-refractivity contribution is 5.53. The van der Waals surface area contributed by atoms with E-state index in [0.717, 1.165) is 11.5 Å². The molecule has 2 aromatic heterocycles. The minimum absolute atomic E-state index is 0.0663. The zero-order valence-corrected chi connectivity index (χ0v) is 11.0. The molecule has 6 nitrogen and oxygen atoms in total. The number of aliphatic hydroxyl groups excluding tert-OH is 1. The summed E-state index contributed by atoms with van der Waals surface area (Å²) in [6.45, 7) is 2.46. The first-order valence-corrected chi connectivity index (χ1v) is 6.05. The van der Waals surface area contributed by atoms with Crippen molar-refractivity contribution in [1.29, 1.82) is 0 Å². The third-order valence-electron chi connectivity index (χ3n) is 2.54. The summed E-state index contributed by atoms with van der Waals surface area (Å²) in [5.74, 6) is 2.00. The van der Waals surface area contributed by atoms with Crippen LogP contribution in [0, 0.1) is 6.92 Å². The Morgan fingerprint density at radius 1 is 1.26 bits per heavy atom. The Kier molecular flexibility index (Phi) is 4.25. The van der Waals surface area contributed by atoms with Crippen LogP contribution in [0.1, 0.15) is 5.69 Å². The average molecular weight is 259 g/mol. The highest BCUT2D eigenvalue weighted by Gasteiger charge is 2.07. The van der Waals surface area contributed by atoms with E-state index in [9.17, 15) is 0 Å². The van der Waals surface area contributed by atoms with Gasteiger partial charge in [0.25, 0.3) is 0 Å². The number of aryl methyl sites for hydroxylation is 1. The number of likely N-dealkylation sites (N-methyl/N-ethyl adjacent to an activating group) is 1. The van der Waals surface area contributed by atoms with Gasteiger partial charge in [-0.15, -0.1) is 0 Å². The molecule has 0 fully saturated rings. The van der Waals surface area contributed by atoms with Gasteiger partial charge in [0.15, 0.2) is 0 Å². The summed E-state index contributed by atoms with van der Waals surface area (Å²) in [6.07, 6.45) is 1.72. The van der Waals surface area contributed by atoms with Gasteiger partial charge in [-0.2, -0.15) is 4.98 Å². The number of rotatable bonds is 5. The van der Waals surface area contributed by atoms with E-state index in [-0.39, 0.29) is 6.61 Å². The topological polar surface area (TPSA) is 74.2 Å². The molecule has 2 heterocycles. The Hall–Kier alpha value is -2.21. The lowest BCUT2D eigenvalue weighted by atomic mass is 10.4. The molecule has 0 radical (unpaired) electrons. The highest BCUT2D eigenvalue weighted by atomic mass is 16.3. The van der Waals surface area contributed by atoms with Crippen LogP contribution in [0.4, 0.5) is 17.6 Å². The predicted octanol–water partition coefficient (Wildman–Crippen LogP) is 1.35. The Labute approximate surface area is 112 Å². The van der Waals surface area contributed by atoms with Crippen LogP contribution in [0.25, 0.3) is 0 Å². The molecule has 0 spiro atoms. The first-order chi connectivity index (χ1) is 9.19. The van der Waals surface area contributed by atoms with Crippen LogP contribution >= 0.6 is 0 Å². The second-order valence-electron chi connectivity index (χ2n) is 4.18. The molecule has 2 rings (SSSR count). The second kappa shape index (κ2) is 6.10. The summed E-state index contributed by atoms with van der Waals surface area (Å²) < 4.78 is 0. The summed E-state index contributed by atoms with van der Waals surface area (Å²) in [5.41, 5.74) is 0.855. The van der Waals surface area contributed by atoms with Gasteiger partial charge in [0, 0.05) is 31.5 Å². The molecule has 0 unspecified atom stereocenters. The van der Waals surface area contributed by atoms with Crippen LogP contribution in [-0.2, 0) is 0 Å². The molecule has 100 valence electrons. The maximum atomic E-state index is 8.95. The van der Waals surface area contributed by atoms with Crippen LogP contribution in [-0.4, -0.2) is 40.3 Å². The number of nitrogens with one attached hydrogen (secondary N) is 1. The van der Waals surface area contributed by atoms with E-state index in [0.29, 0.717) is 18.3 Å². The van der Waals surface area contributed by atoms with E-state index in [2.05, 4.69) is 20.3 Å². The van der Waals surface area contributed by atoms with E-state index in [1.54, 1.807) is 11.1 Å². The molecule has 6 heteroatoms. The molecule has 2 aromatic rings. The zero-order valence-electron chi connectivity index (χ0n) is 11.0. The van der Waals surface area contributed by atoms with Crippen molar-refractivity contribution in [3.8, 4) is 0 Å². The quantitative estimate of drug-likeness (QED) is 0.844. The van der Waals surface area contributed by atoms with Gasteiger partial charge in [0.05, 0.1) is 6.61 Å². The van der Waals surface area contributed by atoms with Crippen LogP contribution in [0.5, 0.6) is 0 Å². The molecule has 0 aliphatic heterocycles. The van der Waals surface area contributed by atoms with Crippen LogP contribution in [0.15, 0.2) is 30.5 Å². The number of nitrogens with zero attached hydrogens (tertiary/aromatic N) is 4. The lowest BCUT2D eigenvalue weighted by Crippen LogP contribution is -2.23. The van der Waals surface area contributed by atoms with E-state index < -0.39 is 0 Å². The average Bonchev–Trinajstić information content (AvgIpc) is 2.39. The molecule has 0 aliphatic carbocycles. The lowest BCUT2D eigenvalue weighted by molar-refractivity contribution is 0.303. The summed E-state index contributed by atoms with van der Waals surface area (Å²) >= 11 is 0. The molecule has 2 N–H and O–H groups in total. The maximum Gasteiger partial charge on any atom is 0.227 e. The standard InChI is InChI=1S/C13H17N5O/c1-10-9-12(16-11-5-3-4-6-14-11)17-13(15-10)18(2)7-8-19/h3-6,9,19H,7-8H2,1-2H3,(H,14,15,16,17). The third-order valence-corrected chi connectivity index (χ3v) is 2.54. The maximum absolute atomic E-state index is 8.95. The minimum Gasteiger partial charge on any atom is -0.395 e. The second-order valence-corrected chi connectivity index (χ2v) is 4.18. The molecule has 0 aliphatic rings. The number of pyridine rings is 1. The van der Waals surface area contributed by atoms with Gasteiger partial charge in [0.2, 0.25) is 5.95 Å². The number of aliphatic hydroxyl groups is 1. The van der Waals surface area contributed by atoms with Crippen molar-refractivity contribution in [2.75, 3.05) is 30.4 Å². The Balaban J connectivity index is 2.21. The summed E-state index contributed by atoms with van der Waals surface area (Å²) in [5, 5.41) is 12.1. The molecule has 0 amide bonds. The Bertz CT molecular complexity index is 532. The van der Waals surface area contributed by atoms with Crippen LogP contribution < -0.4 is 10.2 Å². The van der Waals surface area contributed by atoms with E-state index in [1.807, 2.05) is 38.2 Å². The van der Waals surface area contributed by atoms with Gasteiger partial charge >= 0.3 is 0 Å². The van der Waals surface area contributed by atoms with Gasteiger partial charge in [-0.05, 0) is 19.1 Å². The highest BCUT2D eigenvalue weighted by Crippen LogP contribution is 2.16. The fourth-order valence-corrected chi connectivity index (χ4v) is 1.61. The van der Waals surface area contributed by atoms with Crippen molar-refractivity contribution in [2.45, 2.75) is 6.92 Å². The van der Waals surface area contributed by atoms with Gasteiger partial charge in [-0.25, -0.2) is 9.97 Å². The normalized spacial score (nSPS) is 10.3.